The summed E-state index contributed by atoms with van der Waals surface area (Å²) in [6.07, 6.45) is 0. The van der Waals surface area contributed by atoms with Crippen LogP contribution in [0.5, 0.6) is 0 Å². The first-order chi connectivity index (χ1) is 27.7. The number of aryl methyl sites for hydroxylation is 1. The number of hydrogen-bond acceptors (Lipinski definition) is 1. The summed E-state index contributed by atoms with van der Waals surface area (Å²) in [7, 11) is 0. The lowest BCUT2D eigenvalue weighted by molar-refractivity contribution is 0.660. The Morgan fingerprint density at radius 2 is 0.815 bits per heavy atom. The molecule has 3 aliphatic rings. The maximum atomic E-state index is 8.23. The minimum Gasteiger partial charge on any atom is -0.310 e. The summed E-state index contributed by atoms with van der Waals surface area (Å²) in [6.45, 7) is 2.42. The topological polar surface area (TPSA) is 3.24 Å². The van der Waals surface area contributed by atoms with Gasteiger partial charge in [-0.05, 0) is 127 Å². The minimum atomic E-state index is -2.22. The molecule has 0 fully saturated rings. The van der Waals surface area contributed by atoms with Gasteiger partial charge in [0, 0.05) is 26.6 Å². The molecule has 0 saturated heterocycles. The van der Waals surface area contributed by atoms with Crippen molar-refractivity contribution in [2.24, 2.45) is 0 Å². The third kappa shape index (κ3) is 4.10. The van der Waals surface area contributed by atoms with Gasteiger partial charge in [-0.15, -0.1) is 0 Å². The zero-order valence-corrected chi connectivity index (χ0v) is 30.3. The standard InChI is InChI=1S/C53H39N/c1-34-14-4-5-15-39(34)35-24-26-36(27-25-35)54(37-29-31-47-45(32-37)43-19-6-10-20-46(43)52(47,2)3)38-28-30-44-42-18-9-13-23-50(42)53(51(44)33-38)48-21-11-7-16-40(48)41-17-8-12-22-49(41)53/h4-33H,1-3H3/i1D3. The fourth-order valence-corrected chi connectivity index (χ4v) is 10.0. The zero-order chi connectivity index (χ0) is 38.7. The molecule has 256 valence electrons. The van der Waals surface area contributed by atoms with Gasteiger partial charge in [-0.25, -0.2) is 0 Å². The number of nitrogens with zero attached hydrogens (tertiary/aromatic N) is 1. The van der Waals surface area contributed by atoms with Crippen LogP contribution < -0.4 is 4.90 Å². The van der Waals surface area contributed by atoms with Gasteiger partial charge in [-0.1, -0.05) is 159 Å². The first-order valence-corrected chi connectivity index (χ1v) is 18.9. The Hall–Kier alpha value is -6.44. The average molecular weight is 693 g/mol. The molecule has 0 bridgehead atoms. The highest BCUT2D eigenvalue weighted by Crippen LogP contribution is 2.63. The molecule has 0 N–H and O–H groups in total. The first kappa shape index (κ1) is 28.1. The molecular weight excluding hydrogens is 651 g/mol. The smallest absolute Gasteiger partial charge is 0.0726 e. The van der Waals surface area contributed by atoms with Crippen LogP contribution in [0.25, 0.3) is 44.5 Å². The van der Waals surface area contributed by atoms with Gasteiger partial charge in [-0.2, -0.15) is 0 Å². The second kappa shape index (κ2) is 11.3. The summed E-state index contributed by atoms with van der Waals surface area (Å²) in [5.74, 6) is 0. The van der Waals surface area contributed by atoms with E-state index in [0.29, 0.717) is 5.56 Å². The summed E-state index contributed by atoms with van der Waals surface area (Å²) in [4.78, 5) is 2.37. The van der Waals surface area contributed by atoms with Crippen molar-refractivity contribution in [2.45, 2.75) is 31.5 Å². The lowest BCUT2D eigenvalue weighted by atomic mass is 9.70. The van der Waals surface area contributed by atoms with Crippen LogP contribution in [0.2, 0.25) is 0 Å². The van der Waals surface area contributed by atoms with Crippen LogP contribution in [0.4, 0.5) is 17.1 Å². The van der Waals surface area contributed by atoms with E-state index < -0.39 is 12.3 Å². The summed E-state index contributed by atoms with van der Waals surface area (Å²) in [5, 5.41) is 0. The Kier molecular flexibility index (Phi) is 5.87. The molecule has 1 nitrogen and oxygen atoms in total. The third-order valence-corrected chi connectivity index (χ3v) is 12.4. The third-order valence-electron chi connectivity index (χ3n) is 12.4. The van der Waals surface area contributed by atoms with Gasteiger partial charge in [0.15, 0.2) is 0 Å². The summed E-state index contributed by atoms with van der Waals surface area (Å²) >= 11 is 0. The number of anilines is 3. The fourth-order valence-electron chi connectivity index (χ4n) is 10.0. The van der Waals surface area contributed by atoms with E-state index in [1.807, 2.05) is 12.1 Å². The van der Waals surface area contributed by atoms with Crippen LogP contribution in [-0.2, 0) is 10.8 Å². The van der Waals surface area contributed by atoms with Gasteiger partial charge >= 0.3 is 0 Å². The van der Waals surface area contributed by atoms with Crippen molar-refractivity contribution >= 4 is 17.1 Å². The summed E-state index contributed by atoms with van der Waals surface area (Å²) in [6, 6.07) is 65.3. The molecular formula is C53H39N. The van der Waals surface area contributed by atoms with Crippen LogP contribution in [0.3, 0.4) is 0 Å². The van der Waals surface area contributed by atoms with Crippen LogP contribution >= 0.6 is 0 Å². The van der Waals surface area contributed by atoms with Gasteiger partial charge < -0.3 is 4.90 Å². The molecule has 54 heavy (non-hydrogen) atoms. The van der Waals surface area contributed by atoms with Crippen molar-refractivity contribution < 1.29 is 4.11 Å². The maximum absolute atomic E-state index is 8.23. The molecule has 1 heteroatoms. The predicted octanol–water partition coefficient (Wildman–Crippen LogP) is 13.8. The van der Waals surface area contributed by atoms with Gasteiger partial charge in [0.1, 0.15) is 0 Å². The molecule has 3 aliphatic carbocycles. The highest BCUT2D eigenvalue weighted by molar-refractivity contribution is 5.96. The van der Waals surface area contributed by atoms with Crippen molar-refractivity contribution in [3.63, 3.8) is 0 Å². The average Bonchev–Trinajstić information content (AvgIpc) is 3.79. The molecule has 0 unspecified atom stereocenters. The van der Waals surface area contributed by atoms with Crippen LogP contribution in [0.15, 0.2) is 182 Å². The van der Waals surface area contributed by atoms with E-state index in [2.05, 4.69) is 176 Å². The van der Waals surface area contributed by atoms with E-state index in [4.69, 9.17) is 4.11 Å². The van der Waals surface area contributed by atoms with Crippen molar-refractivity contribution in [3.8, 4) is 44.5 Å². The lowest BCUT2D eigenvalue weighted by Crippen LogP contribution is -2.26. The number of hydrogen-bond donors (Lipinski definition) is 0. The Morgan fingerprint density at radius 1 is 0.370 bits per heavy atom. The monoisotopic (exact) mass is 692 g/mol. The molecule has 8 aromatic carbocycles. The Bertz CT molecular complexity index is 2870. The van der Waals surface area contributed by atoms with Gasteiger partial charge in [0.2, 0.25) is 0 Å². The van der Waals surface area contributed by atoms with Crippen molar-refractivity contribution in [1.82, 2.24) is 0 Å². The Balaban J connectivity index is 1.15. The normalized spacial score (nSPS) is 15.6. The predicted molar refractivity (Wildman–Crippen MR) is 225 cm³/mol. The highest BCUT2D eigenvalue weighted by atomic mass is 15.1. The van der Waals surface area contributed by atoms with E-state index in [9.17, 15) is 0 Å². The van der Waals surface area contributed by atoms with Crippen LogP contribution in [0, 0.1) is 6.85 Å². The van der Waals surface area contributed by atoms with Crippen LogP contribution in [-0.4, -0.2) is 0 Å². The highest BCUT2D eigenvalue weighted by Gasteiger charge is 2.51. The molecule has 0 saturated carbocycles. The molecule has 11 rings (SSSR count). The fraction of sp³-hybridized carbons (Fsp3) is 0.0943. The van der Waals surface area contributed by atoms with E-state index >= 15 is 0 Å². The Labute approximate surface area is 322 Å². The van der Waals surface area contributed by atoms with E-state index in [1.54, 1.807) is 12.1 Å². The SMILES string of the molecule is [2H]C([2H])([2H])c1ccccc1-c1ccc(N(c2ccc3c(c2)-c2ccccc2C3(C)C)c2ccc3c(c2)C2(c4ccccc4-c4ccccc42)c2ccccc2-3)cc1. The molecule has 0 radical (unpaired) electrons. The molecule has 0 heterocycles. The summed E-state index contributed by atoms with van der Waals surface area (Å²) < 4.78 is 24.7. The number of fused-ring (bicyclic) bond motifs is 13. The molecule has 0 atom stereocenters. The maximum Gasteiger partial charge on any atom is 0.0726 e. The Morgan fingerprint density at radius 3 is 1.43 bits per heavy atom. The zero-order valence-electron chi connectivity index (χ0n) is 33.3. The number of rotatable bonds is 4. The molecule has 0 aliphatic heterocycles. The van der Waals surface area contributed by atoms with Crippen molar-refractivity contribution in [1.29, 1.82) is 0 Å². The lowest BCUT2D eigenvalue weighted by Gasteiger charge is -2.32. The van der Waals surface area contributed by atoms with Crippen molar-refractivity contribution in [3.05, 3.63) is 221 Å². The molecule has 0 amide bonds. The quantitative estimate of drug-likeness (QED) is 0.177. The second-order valence-corrected chi connectivity index (χ2v) is 15.4. The minimum absolute atomic E-state index is 0.109. The molecule has 8 aromatic rings. The first-order valence-electron chi connectivity index (χ1n) is 20.4. The van der Waals surface area contributed by atoms with E-state index in [1.165, 1.54) is 66.8 Å². The van der Waals surface area contributed by atoms with Gasteiger partial charge in [0.25, 0.3) is 0 Å². The number of benzene rings is 8. The molecule has 1 spiro atoms. The van der Waals surface area contributed by atoms with Gasteiger partial charge in [0.05, 0.1) is 5.41 Å². The van der Waals surface area contributed by atoms with E-state index in [0.717, 1.165) is 28.2 Å². The second-order valence-electron chi connectivity index (χ2n) is 15.4. The molecule has 0 aromatic heterocycles. The van der Waals surface area contributed by atoms with Gasteiger partial charge in [-0.3, -0.25) is 0 Å². The van der Waals surface area contributed by atoms with E-state index in [-0.39, 0.29) is 5.41 Å². The van der Waals surface area contributed by atoms with Crippen molar-refractivity contribution in [2.75, 3.05) is 4.90 Å². The van der Waals surface area contributed by atoms with Crippen LogP contribution in [0.1, 0.15) is 56.9 Å². The summed E-state index contributed by atoms with van der Waals surface area (Å²) in [5.41, 5.74) is 20.0. The largest absolute Gasteiger partial charge is 0.310 e.